The smallest absolute Gasteiger partial charge is 0.225 e. The lowest BCUT2D eigenvalue weighted by Crippen LogP contribution is -1.44. The van der Waals surface area contributed by atoms with E-state index in [-0.39, 0.29) is 17.4 Å². The summed E-state index contributed by atoms with van der Waals surface area (Å²) in [7, 11) is 0. The maximum Gasteiger partial charge on any atom is 0.225 e. The van der Waals surface area contributed by atoms with Crippen molar-refractivity contribution in [3.05, 3.63) is 12.7 Å². The summed E-state index contributed by atoms with van der Waals surface area (Å²) < 4.78 is 0. The van der Waals surface area contributed by atoms with Crippen LogP contribution in [0.2, 0.25) is 0 Å². The van der Waals surface area contributed by atoms with Crippen molar-refractivity contribution >= 4 is 23.6 Å². The number of allylic oxidation sites excluding steroid dienone is 1. The van der Waals surface area contributed by atoms with Crippen LogP contribution >= 0.6 is 0 Å². The molecule has 0 heterocycles. The van der Waals surface area contributed by atoms with Crippen LogP contribution < -0.4 is 0 Å². The Kier molecular flexibility index (Phi) is 16.1. The first-order valence-electron chi connectivity index (χ1n) is 0.901. The Bertz CT molecular complexity index is 27.9. The molecular weight excluding hydrogens is 79.0 g/mol. The molecule has 1 nitrogen and oxygen atoms in total. The van der Waals surface area contributed by atoms with Gasteiger partial charge in [0.2, 0.25) is 6.29 Å². The maximum atomic E-state index is 8.93. The number of hydrogen-bond acceptors (Lipinski definition) is 1. The van der Waals surface area contributed by atoms with Gasteiger partial charge in [0, 0.05) is 0 Å². The zero-order chi connectivity index (χ0) is 3.41. The van der Waals surface area contributed by atoms with Crippen molar-refractivity contribution < 1.29 is 4.79 Å². The fourth-order valence-corrected chi connectivity index (χ4v) is 0. The molecule has 0 atom stereocenters. The standard InChI is InChI=1S/C3H3O.Al.3H/c1-2-3-4;;;;/h2H,1H2;;;;. The molecule has 0 aliphatic heterocycles. The summed E-state index contributed by atoms with van der Waals surface area (Å²) >= 11 is 0. The van der Waals surface area contributed by atoms with E-state index in [1.807, 2.05) is 0 Å². The Labute approximate surface area is 41.8 Å². The van der Waals surface area contributed by atoms with Gasteiger partial charge >= 0.3 is 0 Å². The molecule has 0 N–H and O–H groups in total. The predicted octanol–water partition coefficient (Wildman–Crippen LogP) is -0.902. The van der Waals surface area contributed by atoms with E-state index in [4.69, 9.17) is 4.79 Å². The summed E-state index contributed by atoms with van der Waals surface area (Å²) in [6.45, 7) is 3.06. The van der Waals surface area contributed by atoms with Gasteiger partial charge in [-0.15, -0.1) is 0 Å². The van der Waals surface area contributed by atoms with Crippen LogP contribution in [-0.2, 0) is 4.79 Å². The third kappa shape index (κ3) is 16.7. The predicted molar refractivity (Wildman–Crippen MR) is 25.8 cm³/mol. The van der Waals surface area contributed by atoms with Gasteiger partial charge in [-0.05, 0) is 6.08 Å². The lowest BCUT2D eigenvalue weighted by atomic mass is 10.8. The minimum Gasteiger partial charge on any atom is -0.286 e. The minimum absolute atomic E-state index is 0. The largest absolute Gasteiger partial charge is 0.286 e. The SMILES string of the molecule is C=C[C]=O.[AlH3]. The summed E-state index contributed by atoms with van der Waals surface area (Å²) in [4.78, 5) is 8.93. The summed E-state index contributed by atoms with van der Waals surface area (Å²) in [6.07, 6.45) is 2.51. The van der Waals surface area contributed by atoms with Crippen molar-refractivity contribution in [1.29, 1.82) is 0 Å². The normalized spacial score (nSPS) is 4.00. The minimum atomic E-state index is 0. The van der Waals surface area contributed by atoms with E-state index in [2.05, 4.69) is 6.58 Å². The van der Waals surface area contributed by atoms with Crippen molar-refractivity contribution in [2.75, 3.05) is 0 Å². The second kappa shape index (κ2) is 9.05. The molecule has 0 bridgehead atoms. The number of rotatable bonds is 1. The molecule has 0 rings (SSSR count). The fraction of sp³-hybridized carbons (Fsp3) is 0. The highest BCUT2D eigenvalue weighted by atomic mass is 27.0. The Morgan fingerprint density at radius 2 is 2.00 bits per heavy atom. The zero-order valence-electron chi connectivity index (χ0n) is 2.19. The van der Waals surface area contributed by atoms with Crippen molar-refractivity contribution in [3.63, 3.8) is 0 Å². The monoisotopic (exact) mass is 85.0 g/mol. The third-order valence-electron chi connectivity index (χ3n) is 0.0833. The molecule has 0 spiro atoms. The van der Waals surface area contributed by atoms with Crippen LogP contribution in [0.3, 0.4) is 0 Å². The summed E-state index contributed by atoms with van der Waals surface area (Å²) in [5.41, 5.74) is 0. The van der Waals surface area contributed by atoms with E-state index in [1.165, 1.54) is 6.29 Å². The van der Waals surface area contributed by atoms with Crippen LogP contribution in [0, 0.1) is 0 Å². The Morgan fingerprint density at radius 1 is 1.80 bits per heavy atom. The first-order valence-corrected chi connectivity index (χ1v) is 0.901. The second-order valence-corrected chi connectivity index (χ2v) is 0.322. The van der Waals surface area contributed by atoms with Crippen LogP contribution in [0.4, 0.5) is 0 Å². The molecule has 0 aliphatic carbocycles. The molecule has 1 radical (unpaired) electrons. The summed E-state index contributed by atoms with van der Waals surface area (Å²) in [5.74, 6) is 0. The highest BCUT2D eigenvalue weighted by Gasteiger charge is 1.42. The molecule has 0 amide bonds. The van der Waals surface area contributed by atoms with Gasteiger partial charge in [-0.3, -0.25) is 4.79 Å². The number of hydrogen-bond donors (Lipinski definition) is 0. The van der Waals surface area contributed by atoms with E-state index >= 15 is 0 Å². The second-order valence-electron chi connectivity index (χ2n) is 0.322. The molecule has 0 fully saturated rings. The lowest BCUT2D eigenvalue weighted by molar-refractivity contribution is 0.564. The number of carbonyl (C=O) groups excluding carboxylic acids is 1. The summed E-state index contributed by atoms with van der Waals surface area (Å²) in [5, 5.41) is 0. The van der Waals surface area contributed by atoms with Crippen LogP contribution in [0.25, 0.3) is 0 Å². The molecule has 0 aromatic carbocycles. The average Bonchev–Trinajstić information content (AvgIpc) is 1.37. The molecule has 0 unspecified atom stereocenters. The van der Waals surface area contributed by atoms with E-state index in [0.717, 1.165) is 6.08 Å². The van der Waals surface area contributed by atoms with Crippen LogP contribution in [-0.4, -0.2) is 23.6 Å². The summed E-state index contributed by atoms with van der Waals surface area (Å²) in [6, 6.07) is 0. The van der Waals surface area contributed by atoms with Crippen molar-refractivity contribution in [3.8, 4) is 0 Å². The van der Waals surface area contributed by atoms with E-state index in [0.29, 0.717) is 0 Å². The van der Waals surface area contributed by atoms with Crippen molar-refractivity contribution in [2.24, 2.45) is 0 Å². The Morgan fingerprint density at radius 3 is 2.00 bits per heavy atom. The fourth-order valence-electron chi connectivity index (χ4n) is 0. The maximum absolute atomic E-state index is 8.93. The van der Waals surface area contributed by atoms with Crippen LogP contribution in [0.15, 0.2) is 12.7 Å². The van der Waals surface area contributed by atoms with Gasteiger partial charge in [0.15, 0.2) is 17.4 Å². The van der Waals surface area contributed by atoms with Gasteiger partial charge in [0.1, 0.15) is 0 Å². The molecule has 0 aromatic rings. The first-order chi connectivity index (χ1) is 1.91. The first kappa shape index (κ1) is 8.87. The molecule has 2 heteroatoms. The Hall–Kier alpha value is -0.0575. The lowest BCUT2D eigenvalue weighted by Gasteiger charge is -1.34. The van der Waals surface area contributed by atoms with E-state index < -0.39 is 0 Å². The van der Waals surface area contributed by atoms with Crippen molar-refractivity contribution in [2.45, 2.75) is 0 Å². The van der Waals surface area contributed by atoms with Gasteiger partial charge < -0.3 is 0 Å². The van der Waals surface area contributed by atoms with Crippen LogP contribution in [0.5, 0.6) is 0 Å². The molecule has 0 saturated carbocycles. The van der Waals surface area contributed by atoms with Crippen LogP contribution in [0.1, 0.15) is 0 Å². The Balaban J connectivity index is 0. The molecule has 0 aliphatic rings. The molecule has 0 aromatic heterocycles. The quantitative estimate of drug-likeness (QED) is 0.298. The van der Waals surface area contributed by atoms with Crippen molar-refractivity contribution in [1.82, 2.24) is 0 Å². The van der Waals surface area contributed by atoms with Gasteiger partial charge in [0.25, 0.3) is 0 Å². The molecule has 0 saturated heterocycles. The average molecular weight is 85.1 g/mol. The third-order valence-corrected chi connectivity index (χ3v) is 0.0833. The van der Waals surface area contributed by atoms with Gasteiger partial charge in [-0.25, -0.2) is 0 Å². The van der Waals surface area contributed by atoms with E-state index in [9.17, 15) is 0 Å². The zero-order valence-corrected chi connectivity index (χ0v) is 2.19. The highest BCUT2D eigenvalue weighted by molar-refractivity contribution is 5.75. The molecule has 27 valence electrons. The molecule has 5 heavy (non-hydrogen) atoms. The molecular formula is C3H6AlO. The topological polar surface area (TPSA) is 17.1 Å². The van der Waals surface area contributed by atoms with Gasteiger partial charge in [-0.2, -0.15) is 0 Å². The van der Waals surface area contributed by atoms with E-state index in [1.54, 1.807) is 0 Å². The van der Waals surface area contributed by atoms with Gasteiger partial charge in [-0.1, -0.05) is 6.58 Å². The highest BCUT2D eigenvalue weighted by Crippen LogP contribution is 1.35. The van der Waals surface area contributed by atoms with Gasteiger partial charge in [0.05, 0.1) is 0 Å².